The zero-order valence-electron chi connectivity index (χ0n) is 33.2. The summed E-state index contributed by atoms with van der Waals surface area (Å²) in [7, 11) is 0. The van der Waals surface area contributed by atoms with Gasteiger partial charge in [-0.25, -0.2) is 0 Å². The summed E-state index contributed by atoms with van der Waals surface area (Å²) in [4.78, 5) is 2.31. The molecule has 3 heteroatoms. The average Bonchev–Trinajstić information content (AvgIpc) is 3.89. The maximum absolute atomic E-state index is 6.91. The zero-order chi connectivity index (χ0) is 40.3. The van der Waals surface area contributed by atoms with Crippen LogP contribution < -0.4 is 4.90 Å². The summed E-state index contributed by atoms with van der Waals surface area (Å²) in [6.07, 6.45) is 0. The second-order valence-corrected chi connectivity index (χ2v) is 15.7. The number of furan rings is 1. The van der Waals surface area contributed by atoms with Crippen LogP contribution in [0.15, 0.2) is 235 Å². The number of hydrogen-bond acceptors (Lipinski definition) is 2. The van der Waals surface area contributed by atoms with Crippen LogP contribution in [0.1, 0.15) is 0 Å². The zero-order valence-corrected chi connectivity index (χ0v) is 33.2. The smallest absolute Gasteiger partial charge is 0.159 e. The van der Waals surface area contributed by atoms with Gasteiger partial charge in [-0.05, 0) is 117 Å². The molecule has 2 heterocycles. The lowest BCUT2D eigenvalue weighted by molar-refractivity contribution is 0.669. The van der Waals surface area contributed by atoms with Crippen LogP contribution in [0.3, 0.4) is 0 Å². The number of para-hydroxylation sites is 4. The number of fused-ring (bicyclic) bond motifs is 8. The normalized spacial score (nSPS) is 11.6. The molecule has 0 unspecified atom stereocenters. The minimum atomic E-state index is 0.856. The lowest BCUT2D eigenvalue weighted by Crippen LogP contribution is -2.10. The van der Waals surface area contributed by atoms with Crippen molar-refractivity contribution in [3.8, 4) is 39.1 Å². The Kier molecular flexibility index (Phi) is 8.17. The highest BCUT2D eigenvalue weighted by Crippen LogP contribution is 2.45. The van der Waals surface area contributed by atoms with Gasteiger partial charge < -0.3 is 13.9 Å². The van der Waals surface area contributed by atoms with Gasteiger partial charge in [0, 0.05) is 38.6 Å². The fourth-order valence-electron chi connectivity index (χ4n) is 9.26. The fraction of sp³-hybridized carbons (Fsp3) is 0. The number of anilines is 3. The first-order valence-electron chi connectivity index (χ1n) is 20.8. The van der Waals surface area contributed by atoms with Gasteiger partial charge in [-0.15, -0.1) is 0 Å². The minimum absolute atomic E-state index is 0.856. The van der Waals surface area contributed by atoms with E-state index in [0.717, 1.165) is 44.7 Å². The van der Waals surface area contributed by atoms with E-state index in [9.17, 15) is 0 Å². The molecule has 0 aliphatic rings. The quantitative estimate of drug-likeness (QED) is 0.161. The molecule has 0 radical (unpaired) electrons. The van der Waals surface area contributed by atoms with Gasteiger partial charge in [-0.3, -0.25) is 0 Å². The first-order valence-corrected chi connectivity index (χ1v) is 20.8. The van der Waals surface area contributed by atoms with Crippen molar-refractivity contribution in [3.63, 3.8) is 0 Å². The van der Waals surface area contributed by atoms with Crippen LogP contribution in [-0.2, 0) is 0 Å². The molecular weight excluding hydrogens is 741 g/mol. The van der Waals surface area contributed by atoms with E-state index in [1.807, 2.05) is 0 Å². The van der Waals surface area contributed by atoms with Gasteiger partial charge in [0.2, 0.25) is 0 Å². The standard InChI is InChI=1S/C58H38N2O/c1-4-13-39(14-5-1)40-23-25-41(26-24-40)42-29-33-48(34-30-42)59(46-15-6-2-7-16-46)55-22-12-20-50-57-51-37-44(28-27-43(51)32-36-56(57)61-58(50)55)45-31-35-54-52(38-45)49-19-10-11-21-53(49)60(54)47-17-8-3-9-18-47/h1-38H. The Morgan fingerprint density at radius 3 is 1.61 bits per heavy atom. The van der Waals surface area contributed by atoms with Gasteiger partial charge in [0.15, 0.2) is 5.58 Å². The number of rotatable bonds is 7. The van der Waals surface area contributed by atoms with Gasteiger partial charge in [0.25, 0.3) is 0 Å². The van der Waals surface area contributed by atoms with Crippen molar-refractivity contribution in [2.45, 2.75) is 0 Å². The summed E-state index contributed by atoms with van der Waals surface area (Å²) in [6, 6.07) is 82.7. The average molecular weight is 779 g/mol. The Balaban J connectivity index is 0.962. The molecule has 0 bridgehead atoms. The number of nitrogens with zero attached hydrogens (tertiary/aromatic N) is 2. The summed E-state index contributed by atoms with van der Waals surface area (Å²) in [5.41, 5.74) is 15.5. The molecule has 0 aliphatic carbocycles. The molecule has 12 rings (SSSR count). The summed E-state index contributed by atoms with van der Waals surface area (Å²) in [5, 5.41) is 7.05. The van der Waals surface area contributed by atoms with E-state index in [1.54, 1.807) is 0 Å². The highest BCUT2D eigenvalue weighted by molar-refractivity contribution is 6.21. The van der Waals surface area contributed by atoms with Crippen LogP contribution in [0.25, 0.3) is 93.6 Å². The molecule has 0 atom stereocenters. The second kappa shape index (κ2) is 14.3. The number of benzene rings is 10. The Morgan fingerprint density at radius 2 is 0.869 bits per heavy atom. The van der Waals surface area contributed by atoms with Crippen LogP contribution in [0.2, 0.25) is 0 Å². The van der Waals surface area contributed by atoms with Crippen LogP contribution in [0, 0.1) is 0 Å². The van der Waals surface area contributed by atoms with E-state index < -0.39 is 0 Å². The first kappa shape index (κ1) is 34.9. The summed E-state index contributed by atoms with van der Waals surface area (Å²) >= 11 is 0. The third kappa shape index (κ3) is 5.90. The predicted octanol–water partition coefficient (Wildman–Crippen LogP) is 16.3. The van der Waals surface area contributed by atoms with Crippen LogP contribution >= 0.6 is 0 Å². The van der Waals surface area contributed by atoms with E-state index in [-0.39, 0.29) is 0 Å². The van der Waals surface area contributed by atoms with E-state index >= 15 is 0 Å². The second-order valence-electron chi connectivity index (χ2n) is 15.7. The molecule has 12 aromatic rings. The predicted molar refractivity (Wildman–Crippen MR) is 257 cm³/mol. The molecule has 61 heavy (non-hydrogen) atoms. The Labute approximate surface area is 353 Å². The molecule has 2 aromatic heterocycles. The monoisotopic (exact) mass is 778 g/mol. The van der Waals surface area contributed by atoms with Crippen molar-refractivity contribution in [3.05, 3.63) is 231 Å². The van der Waals surface area contributed by atoms with Crippen molar-refractivity contribution in [1.82, 2.24) is 4.57 Å². The topological polar surface area (TPSA) is 21.3 Å². The summed E-state index contributed by atoms with van der Waals surface area (Å²) < 4.78 is 9.27. The number of aromatic nitrogens is 1. The molecule has 0 spiro atoms. The van der Waals surface area contributed by atoms with E-state index in [1.165, 1.54) is 66.0 Å². The van der Waals surface area contributed by atoms with Gasteiger partial charge >= 0.3 is 0 Å². The highest BCUT2D eigenvalue weighted by Gasteiger charge is 2.21. The van der Waals surface area contributed by atoms with Gasteiger partial charge in [0.1, 0.15) is 5.58 Å². The molecule has 0 N–H and O–H groups in total. The molecule has 0 aliphatic heterocycles. The van der Waals surface area contributed by atoms with Crippen molar-refractivity contribution >= 4 is 71.6 Å². The summed E-state index contributed by atoms with van der Waals surface area (Å²) in [6.45, 7) is 0. The third-order valence-corrected chi connectivity index (χ3v) is 12.2. The van der Waals surface area contributed by atoms with Gasteiger partial charge in [-0.2, -0.15) is 0 Å². The molecule has 0 saturated heterocycles. The van der Waals surface area contributed by atoms with E-state index in [0.29, 0.717) is 0 Å². The van der Waals surface area contributed by atoms with Gasteiger partial charge in [0.05, 0.1) is 16.7 Å². The molecule has 3 nitrogen and oxygen atoms in total. The van der Waals surface area contributed by atoms with Crippen molar-refractivity contribution in [2.24, 2.45) is 0 Å². The Morgan fingerprint density at radius 1 is 0.344 bits per heavy atom. The molecule has 0 saturated carbocycles. The molecule has 0 fully saturated rings. The SMILES string of the molecule is c1ccc(-c2ccc(-c3ccc(N(c4ccccc4)c4cccc5c4oc4ccc6ccc(-c7ccc8c(c7)c7ccccc7n8-c7ccccc7)cc6c45)cc3)cc2)cc1. The molecule has 286 valence electrons. The Hall–Kier alpha value is -8.14. The maximum Gasteiger partial charge on any atom is 0.159 e. The van der Waals surface area contributed by atoms with Crippen molar-refractivity contribution in [2.75, 3.05) is 4.90 Å². The minimum Gasteiger partial charge on any atom is -0.454 e. The third-order valence-electron chi connectivity index (χ3n) is 12.2. The first-order chi connectivity index (χ1) is 30.2. The van der Waals surface area contributed by atoms with Crippen LogP contribution in [0.5, 0.6) is 0 Å². The summed E-state index contributed by atoms with van der Waals surface area (Å²) in [5.74, 6) is 0. The lowest BCUT2D eigenvalue weighted by Gasteiger charge is -2.25. The maximum atomic E-state index is 6.91. The van der Waals surface area contributed by atoms with Crippen molar-refractivity contribution in [1.29, 1.82) is 0 Å². The van der Waals surface area contributed by atoms with E-state index in [4.69, 9.17) is 4.42 Å². The largest absolute Gasteiger partial charge is 0.454 e. The molecule has 0 amide bonds. The molecular formula is C58H38N2O. The number of hydrogen-bond donors (Lipinski definition) is 0. The van der Waals surface area contributed by atoms with Crippen molar-refractivity contribution < 1.29 is 4.42 Å². The highest BCUT2D eigenvalue weighted by atomic mass is 16.3. The van der Waals surface area contributed by atoms with Crippen LogP contribution in [-0.4, -0.2) is 4.57 Å². The fourth-order valence-corrected chi connectivity index (χ4v) is 9.26. The molecule has 10 aromatic carbocycles. The van der Waals surface area contributed by atoms with Crippen LogP contribution in [0.4, 0.5) is 17.1 Å². The lowest BCUT2D eigenvalue weighted by atomic mass is 9.97. The Bertz CT molecular complexity index is 3550. The van der Waals surface area contributed by atoms with Gasteiger partial charge in [-0.1, -0.05) is 158 Å². The van der Waals surface area contributed by atoms with E-state index in [2.05, 4.69) is 240 Å².